The first-order chi connectivity index (χ1) is 5.86. The van der Waals surface area contributed by atoms with Crippen molar-refractivity contribution in [3.8, 4) is 5.75 Å². The van der Waals surface area contributed by atoms with Crippen molar-refractivity contribution in [3.63, 3.8) is 0 Å². The normalized spacial score (nSPS) is 9.83. The van der Waals surface area contributed by atoms with Crippen LogP contribution >= 0.6 is 21.6 Å². The van der Waals surface area contributed by atoms with Gasteiger partial charge in [0, 0.05) is 10.6 Å². The Balaban J connectivity index is 2.53. The molecule has 0 heterocycles. The Labute approximate surface area is 81.3 Å². The largest absolute Gasteiger partial charge is 0.497 e. The molecule has 0 amide bonds. The first-order valence-corrected chi connectivity index (χ1v) is 6.12. The molecule has 1 nitrogen and oxygen atoms in total. The van der Waals surface area contributed by atoms with Crippen LogP contribution < -0.4 is 4.74 Å². The fourth-order valence-corrected chi connectivity index (χ4v) is 2.35. The summed E-state index contributed by atoms with van der Waals surface area (Å²) in [6.07, 6.45) is 0. The Morgan fingerprint density at radius 1 is 1.25 bits per heavy atom. The van der Waals surface area contributed by atoms with E-state index >= 15 is 0 Å². The predicted octanol–water partition coefficient (Wildman–Crippen LogP) is 3.46. The van der Waals surface area contributed by atoms with Crippen LogP contribution in [-0.4, -0.2) is 12.9 Å². The van der Waals surface area contributed by atoms with Gasteiger partial charge < -0.3 is 4.74 Å². The highest BCUT2D eigenvalue weighted by molar-refractivity contribution is 8.76. The molecule has 0 fully saturated rings. The average Bonchev–Trinajstić information content (AvgIpc) is 2.15. The minimum atomic E-state index is 0.917. The van der Waals surface area contributed by atoms with E-state index in [1.165, 1.54) is 4.90 Å². The Morgan fingerprint density at radius 2 is 1.92 bits per heavy atom. The molecule has 1 rings (SSSR count). The average molecular weight is 200 g/mol. The summed E-state index contributed by atoms with van der Waals surface area (Å²) < 4.78 is 5.06. The van der Waals surface area contributed by atoms with Gasteiger partial charge in [-0.3, -0.25) is 0 Å². The molecule has 12 heavy (non-hydrogen) atoms. The van der Waals surface area contributed by atoms with E-state index in [0.717, 1.165) is 11.5 Å². The van der Waals surface area contributed by atoms with Crippen molar-refractivity contribution in [1.82, 2.24) is 0 Å². The molecule has 0 bridgehead atoms. The summed E-state index contributed by atoms with van der Waals surface area (Å²) >= 11 is 0. The Bertz CT molecular complexity index is 220. The maximum Gasteiger partial charge on any atom is 0.118 e. The van der Waals surface area contributed by atoms with E-state index in [4.69, 9.17) is 4.74 Å². The summed E-state index contributed by atoms with van der Waals surface area (Å²) in [6.45, 7) is 2.15. The van der Waals surface area contributed by atoms with Gasteiger partial charge in [-0.2, -0.15) is 0 Å². The second-order valence-corrected chi connectivity index (χ2v) is 4.82. The third kappa shape index (κ3) is 2.99. The van der Waals surface area contributed by atoms with Crippen molar-refractivity contribution in [1.29, 1.82) is 0 Å². The number of methoxy groups -OCH3 is 1. The van der Waals surface area contributed by atoms with Crippen LogP contribution in [0.5, 0.6) is 5.75 Å². The lowest BCUT2D eigenvalue weighted by atomic mass is 10.3. The molecule has 0 atom stereocenters. The highest BCUT2D eigenvalue weighted by atomic mass is 33.1. The van der Waals surface area contributed by atoms with E-state index in [2.05, 4.69) is 19.1 Å². The minimum Gasteiger partial charge on any atom is -0.497 e. The molecule has 0 N–H and O–H groups in total. The molecule has 0 aromatic heterocycles. The zero-order valence-electron chi connectivity index (χ0n) is 7.24. The highest BCUT2D eigenvalue weighted by Crippen LogP contribution is 2.31. The third-order valence-electron chi connectivity index (χ3n) is 1.33. The molecule has 0 aliphatic rings. The van der Waals surface area contributed by atoms with Crippen LogP contribution in [0, 0.1) is 0 Å². The first-order valence-electron chi connectivity index (χ1n) is 3.80. The summed E-state index contributed by atoms with van der Waals surface area (Å²) in [5.41, 5.74) is 0. The molecule has 0 saturated carbocycles. The maximum absolute atomic E-state index is 5.06. The van der Waals surface area contributed by atoms with Gasteiger partial charge >= 0.3 is 0 Å². The molecule has 0 unspecified atom stereocenters. The number of benzene rings is 1. The van der Waals surface area contributed by atoms with Crippen molar-refractivity contribution in [2.24, 2.45) is 0 Å². The standard InChI is InChI=1S/C9H12OS2/c1-3-11-12-9-6-4-8(10-2)5-7-9/h4-7H,3H2,1-2H3. The second-order valence-electron chi connectivity index (χ2n) is 2.17. The monoisotopic (exact) mass is 200 g/mol. The van der Waals surface area contributed by atoms with Crippen LogP contribution in [0.4, 0.5) is 0 Å². The van der Waals surface area contributed by atoms with Gasteiger partial charge in [-0.1, -0.05) is 28.5 Å². The SMILES string of the molecule is CCSSc1ccc(OC)cc1. The molecule has 1 aromatic carbocycles. The van der Waals surface area contributed by atoms with Crippen LogP contribution in [0.1, 0.15) is 6.92 Å². The fourth-order valence-electron chi connectivity index (χ4n) is 0.758. The van der Waals surface area contributed by atoms with Gasteiger partial charge in [0.2, 0.25) is 0 Å². The van der Waals surface area contributed by atoms with Gasteiger partial charge in [0.25, 0.3) is 0 Å². The maximum atomic E-state index is 5.06. The van der Waals surface area contributed by atoms with Gasteiger partial charge in [-0.05, 0) is 24.3 Å². The minimum absolute atomic E-state index is 0.917. The summed E-state index contributed by atoms with van der Waals surface area (Å²) in [6, 6.07) is 8.12. The molecular weight excluding hydrogens is 188 g/mol. The molecule has 0 spiro atoms. The number of hydrogen-bond acceptors (Lipinski definition) is 3. The number of hydrogen-bond donors (Lipinski definition) is 0. The molecule has 0 radical (unpaired) electrons. The molecule has 1 aromatic rings. The van der Waals surface area contributed by atoms with Crippen LogP contribution in [0.3, 0.4) is 0 Å². The Kier molecular flexibility index (Phi) is 4.40. The lowest BCUT2D eigenvalue weighted by Gasteiger charge is -2.00. The Hall–Kier alpha value is -0.280. The van der Waals surface area contributed by atoms with Crippen LogP contribution in [-0.2, 0) is 0 Å². The summed E-state index contributed by atoms with van der Waals surface area (Å²) in [5.74, 6) is 2.05. The van der Waals surface area contributed by atoms with Crippen molar-refractivity contribution < 1.29 is 4.74 Å². The van der Waals surface area contributed by atoms with Crippen LogP contribution in [0.25, 0.3) is 0 Å². The van der Waals surface area contributed by atoms with Gasteiger partial charge in [0.15, 0.2) is 0 Å². The molecule has 0 aliphatic carbocycles. The number of ether oxygens (including phenoxy) is 1. The van der Waals surface area contributed by atoms with E-state index in [9.17, 15) is 0 Å². The molecule has 3 heteroatoms. The van der Waals surface area contributed by atoms with Gasteiger partial charge in [-0.25, -0.2) is 0 Å². The highest BCUT2D eigenvalue weighted by Gasteiger charge is 1.93. The van der Waals surface area contributed by atoms with E-state index in [0.29, 0.717) is 0 Å². The van der Waals surface area contributed by atoms with Crippen molar-refractivity contribution in [2.45, 2.75) is 11.8 Å². The van der Waals surface area contributed by atoms with Gasteiger partial charge in [0.05, 0.1) is 7.11 Å². The van der Waals surface area contributed by atoms with E-state index in [-0.39, 0.29) is 0 Å². The van der Waals surface area contributed by atoms with E-state index < -0.39 is 0 Å². The summed E-state index contributed by atoms with van der Waals surface area (Å²) in [4.78, 5) is 1.28. The fraction of sp³-hybridized carbons (Fsp3) is 0.333. The lowest BCUT2D eigenvalue weighted by molar-refractivity contribution is 0.414. The molecular formula is C9H12OS2. The number of rotatable bonds is 4. The van der Waals surface area contributed by atoms with Crippen molar-refractivity contribution in [3.05, 3.63) is 24.3 Å². The predicted molar refractivity (Wildman–Crippen MR) is 57.0 cm³/mol. The van der Waals surface area contributed by atoms with Gasteiger partial charge in [-0.15, -0.1) is 0 Å². The lowest BCUT2D eigenvalue weighted by Crippen LogP contribution is -1.80. The summed E-state index contributed by atoms with van der Waals surface area (Å²) in [5, 5.41) is 0. The molecule has 66 valence electrons. The molecule has 0 aliphatic heterocycles. The topological polar surface area (TPSA) is 9.23 Å². The Morgan fingerprint density at radius 3 is 2.42 bits per heavy atom. The molecule has 0 saturated heterocycles. The second kappa shape index (κ2) is 5.38. The van der Waals surface area contributed by atoms with Gasteiger partial charge in [0.1, 0.15) is 5.75 Å². The van der Waals surface area contributed by atoms with E-state index in [1.54, 1.807) is 17.9 Å². The summed E-state index contributed by atoms with van der Waals surface area (Å²) in [7, 11) is 5.33. The van der Waals surface area contributed by atoms with Crippen molar-refractivity contribution in [2.75, 3.05) is 12.9 Å². The quantitative estimate of drug-likeness (QED) is 0.689. The zero-order chi connectivity index (χ0) is 8.81. The first kappa shape index (κ1) is 9.81. The smallest absolute Gasteiger partial charge is 0.118 e. The zero-order valence-corrected chi connectivity index (χ0v) is 8.87. The van der Waals surface area contributed by atoms with Crippen LogP contribution in [0.2, 0.25) is 0 Å². The van der Waals surface area contributed by atoms with E-state index in [1.807, 2.05) is 22.9 Å². The van der Waals surface area contributed by atoms with Crippen molar-refractivity contribution >= 4 is 21.6 Å². The third-order valence-corrected chi connectivity index (χ3v) is 3.79. The van der Waals surface area contributed by atoms with Crippen LogP contribution in [0.15, 0.2) is 29.2 Å².